The quantitative estimate of drug-likeness (QED) is 0.494. The van der Waals surface area contributed by atoms with Crippen molar-refractivity contribution < 1.29 is 9.05 Å². The van der Waals surface area contributed by atoms with Gasteiger partial charge in [0.05, 0.1) is 10.0 Å². The van der Waals surface area contributed by atoms with E-state index in [0.717, 1.165) is 5.30 Å². The average Bonchev–Trinajstić information content (AvgIpc) is 2.45. The summed E-state index contributed by atoms with van der Waals surface area (Å²) in [6.07, 6.45) is 0. The van der Waals surface area contributed by atoms with Crippen LogP contribution in [-0.4, -0.2) is 7.11 Å². The highest BCUT2D eigenvalue weighted by molar-refractivity contribution is 9.10. The molecule has 0 bridgehead atoms. The van der Waals surface area contributed by atoms with E-state index in [1.807, 2.05) is 30.3 Å². The lowest BCUT2D eigenvalue weighted by atomic mass is 10.3. The van der Waals surface area contributed by atoms with Gasteiger partial charge in [0.1, 0.15) is 5.75 Å². The minimum Gasteiger partial charge on any atom is -0.439 e. The van der Waals surface area contributed by atoms with E-state index in [1.165, 1.54) is 7.11 Å². The molecule has 0 radical (unpaired) electrons. The second-order valence-electron chi connectivity index (χ2n) is 3.80. The van der Waals surface area contributed by atoms with Gasteiger partial charge in [0.15, 0.2) is 0 Å². The molecule has 0 heterocycles. The second kappa shape index (κ2) is 6.78. The molecule has 2 rings (SSSR count). The summed E-state index contributed by atoms with van der Waals surface area (Å²) in [6.45, 7) is -2.66. The largest absolute Gasteiger partial charge is 0.439 e. The molecular formula is C13H10BrCl2O2PS. The van der Waals surface area contributed by atoms with Crippen LogP contribution < -0.4 is 9.83 Å². The van der Waals surface area contributed by atoms with Crippen LogP contribution in [-0.2, 0) is 16.3 Å². The van der Waals surface area contributed by atoms with Crippen LogP contribution in [0.25, 0.3) is 0 Å². The Labute approximate surface area is 141 Å². The minimum absolute atomic E-state index is 0.411. The molecule has 0 spiro atoms. The highest BCUT2D eigenvalue weighted by Crippen LogP contribution is 2.49. The predicted octanol–water partition coefficient (Wildman–Crippen LogP) is 5.42. The van der Waals surface area contributed by atoms with Crippen LogP contribution in [0.15, 0.2) is 46.9 Å². The first-order valence-corrected chi connectivity index (χ1v) is 9.70. The highest BCUT2D eigenvalue weighted by Gasteiger charge is 2.23. The van der Waals surface area contributed by atoms with Gasteiger partial charge in [-0.25, -0.2) is 0 Å². The lowest BCUT2D eigenvalue weighted by Gasteiger charge is -2.22. The lowest BCUT2D eigenvalue weighted by molar-refractivity contribution is 0.402. The SMILES string of the molecule is CO[P@](=S)(Oc1cc(Cl)c(Br)cc1Cl)c1ccccc1. The zero-order valence-electron chi connectivity index (χ0n) is 10.3. The number of hydrogen-bond acceptors (Lipinski definition) is 3. The first-order chi connectivity index (χ1) is 9.46. The molecule has 2 nitrogen and oxygen atoms in total. The molecule has 1 atom stereocenters. The van der Waals surface area contributed by atoms with Gasteiger partial charge in [0.25, 0.3) is 6.49 Å². The number of halogens is 3. The molecule has 106 valence electrons. The summed E-state index contributed by atoms with van der Waals surface area (Å²) in [5, 5.41) is 1.73. The van der Waals surface area contributed by atoms with E-state index < -0.39 is 6.49 Å². The van der Waals surface area contributed by atoms with Gasteiger partial charge in [-0.3, -0.25) is 0 Å². The van der Waals surface area contributed by atoms with Crippen LogP contribution in [0.5, 0.6) is 5.75 Å². The van der Waals surface area contributed by atoms with E-state index in [-0.39, 0.29) is 0 Å². The molecule has 2 aromatic rings. The highest BCUT2D eigenvalue weighted by atomic mass is 79.9. The van der Waals surface area contributed by atoms with Crippen LogP contribution in [0, 0.1) is 0 Å². The standard InChI is InChI=1S/C13H10BrCl2O2PS/c1-17-19(20,9-5-3-2-4-6-9)18-13-8-11(15)10(14)7-12(13)16/h2-8H,1H3/t19-/m0/s1. The number of hydrogen-bond donors (Lipinski definition) is 0. The molecule has 0 aromatic heterocycles. The Hall–Kier alpha value is -0.0900. The molecule has 0 aliphatic heterocycles. The Morgan fingerprint density at radius 2 is 1.75 bits per heavy atom. The molecular weight excluding hydrogens is 402 g/mol. The zero-order chi connectivity index (χ0) is 14.8. The minimum atomic E-state index is -2.66. The summed E-state index contributed by atoms with van der Waals surface area (Å²) in [5.74, 6) is 0.411. The van der Waals surface area contributed by atoms with Crippen molar-refractivity contribution in [3.63, 3.8) is 0 Å². The van der Waals surface area contributed by atoms with Crippen molar-refractivity contribution in [3.8, 4) is 5.75 Å². The summed E-state index contributed by atoms with van der Waals surface area (Å²) < 4.78 is 12.0. The molecule has 0 saturated carbocycles. The van der Waals surface area contributed by atoms with Gasteiger partial charge in [0.2, 0.25) is 0 Å². The van der Waals surface area contributed by atoms with Crippen LogP contribution in [0.3, 0.4) is 0 Å². The fourth-order valence-corrected chi connectivity index (χ4v) is 4.34. The van der Waals surface area contributed by atoms with E-state index >= 15 is 0 Å². The molecule has 2 aromatic carbocycles. The van der Waals surface area contributed by atoms with Crippen molar-refractivity contribution in [3.05, 3.63) is 57.0 Å². The van der Waals surface area contributed by atoms with Crippen LogP contribution in [0.1, 0.15) is 0 Å². The van der Waals surface area contributed by atoms with Crippen molar-refractivity contribution in [1.29, 1.82) is 0 Å². The van der Waals surface area contributed by atoms with Crippen LogP contribution in [0.2, 0.25) is 10.0 Å². The van der Waals surface area contributed by atoms with Gasteiger partial charge in [-0.15, -0.1) is 0 Å². The van der Waals surface area contributed by atoms with Crippen molar-refractivity contribution in [2.75, 3.05) is 7.11 Å². The van der Waals surface area contributed by atoms with E-state index in [9.17, 15) is 0 Å². The van der Waals surface area contributed by atoms with Gasteiger partial charge in [0, 0.05) is 23.0 Å². The molecule has 0 N–H and O–H groups in total. The third-order valence-electron chi connectivity index (χ3n) is 2.51. The van der Waals surface area contributed by atoms with Crippen molar-refractivity contribution in [2.45, 2.75) is 0 Å². The maximum atomic E-state index is 6.15. The fourth-order valence-electron chi connectivity index (χ4n) is 1.51. The van der Waals surface area contributed by atoms with Crippen molar-refractivity contribution in [2.24, 2.45) is 0 Å². The maximum Gasteiger partial charge on any atom is 0.268 e. The maximum absolute atomic E-state index is 6.15. The number of benzene rings is 2. The average molecular weight is 412 g/mol. The number of rotatable bonds is 4. The van der Waals surface area contributed by atoms with E-state index in [4.69, 9.17) is 44.1 Å². The van der Waals surface area contributed by atoms with Gasteiger partial charge in [-0.05, 0) is 45.9 Å². The Morgan fingerprint density at radius 3 is 2.35 bits per heavy atom. The van der Waals surface area contributed by atoms with Gasteiger partial charge in [-0.2, -0.15) is 0 Å². The Bertz CT molecular complexity index is 667. The predicted molar refractivity (Wildman–Crippen MR) is 92.2 cm³/mol. The van der Waals surface area contributed by atoms with Gasteiger partial charge in [-0.1, -0.05) is 41.4 Å². The molecule has 0 saturated heterocycles. The molecule has 0 unspecified atom stereocenters. The summed E-state index contributed by atoms with van der Waals surface area (Å²) in [6, 6.07) is 12.7. The first-order valence-electron chi connectivity index (χ1n) is 5.52. The summed E-state index contributed by atoms with van der Waals surface area (Å²) in [4.78, 5) is 0. The van der Waals surface area contributed by atoms with Crippen molar-refractivity contribution >= 4 is 62.7 Å². The van der Waals surface area contributed by atoms with E-state index in [0.29, 0.717) is 20.3 Å². The third-order valence-corrected chi connectivity index (χ3v) is 7.15. The van der Waals surface area contributed by atoms with E-state index in [1.54, 1.807) is 12.1 Å². The zero-order valence-corrected chi connectivity index (χ0v) is 15.2. The Kier molecular flexibility index (Phi) is 5.52. The molecule has 0 aliphatic rings. The van der Waals surface area contributed by atoms with Crippen LogP contribution in [0.4, 0.5) is 0 Å². The van der Waals surface area contributed by atoms with Crippen LogP contribution >= 0.6 is 45.6 Å². The summed E-state index contributed by atoms with van der Waals surface area (Å²) >= 11 is 21.1. The van der Waals surface area contributed by atoms with E-state index in [2.05, 4.69) is 15.9 Å². The van der Waals surface area contributed by atoms with Gasteiger partial charge < -0.3 is 9.05 Å². The topological polar surface area (TPSA) is 18.5 Å². The van der Waals surface area contributed by atoms with Gasteiger partial charge >= 0.3 is 0 Å². The third kappa shape index (κ3) is 3.56. The molecule has 0 fully saturated rings. The smallest absolute Gasteiger partial charge is 0.268 e. The Balaban J connectivity index is 2.41. The first kappa shape index (κ1) is 16.3. The molecule has 7 heteroatoms. The molecule has 20 heavy (non-hydrogen) atoms. The fraction of sp³-hybridized carbons (Fsp3) is 0.0769. The lowest BCUT2D eigenvalue weighted by Crippen LogP contribution is -2.10. The monoisotopic (exact) mass is 410 g/mol. The normalized spacial score (nSPS) is 13.8. The summed E-state index contributed by atoms with van der Waals surface area (Å²) in [7, 11) is 1.53. The molecule has 0 aliphatic carbocycles. The second-order valence-corrected chi connectivity index (χ2v) is 8.97. The molecule has 0 amide bonds. The summed E-state index contributed by atoms with van der Waals surface area (Å²) in [5.41, 5.74) is 0. The Morgan fingerprint density at radius 1 is 1.10 bits per heavy atom. The van der Waals surface area contributed by atoms with Crippen molar-refractivity contribution in [1.82, 2.24) is 0 Å².